The van der Waals surface area contributed by atoms with E-state index < -0.39 is 0 Å². The smallest absolute Gasteiger partial charge is 0.319 e. The van der Waals surface area contributed by atoms with E-state index in [1.165, 1.54) is 6.42 Å². The Kier molecular flexibility index (Phi) is 10.9. The molecule has 39 heavy (non-hydrogen) atoms. The molecule has 2 N–H and O–H groups in total. The van der Waals surface area contributed by atoms with Gasteiger partial charge in [-0.15, -0.1) is 0 Å². The van der Waals surface area contributed by atoms with Gasteiger partial charge in [0.25, 0.3) is 5.91 Å². The van der Waals surface area contributed by atoms with Crippen molar-refractivity contribution in [1.29, 1.82) is 0 Å². The van der Waals surface area contributed by atoms with E-state index in [1.807, 2.05) is 7.05 Å². The van der Waals surface area contributed by atoms with Crippen molar-refractivity contribution in [3.05, 3.63) is 23.8 Å². The lowest BCUT2D eigenvalue weighted by Gasteiger charge is -2.38. The second-order valence-electron chi connectivity index (χ2n) is 11.8. The molecule has 1 aromatic rings. The lowest BCUT2D eigenvalue weighted by atomic mass is 9.96. The third kappa shape index (κ3) is 8.32. The van der Waals surface area contributed by atoms with Gasteiger partial charge in [-0.2, -0.15) is 0 Å². The number of ether oxygens (including phenoxy) is 3. The predicted molar refractivity (Wildman–Crippen MR) is 152 cm³/mol. The molecule has 4 rings (SSSR count). The summed E-state index contributed by atoms with van der Waals surface area (Å²) in [5, 5.41) is 6.04. The standard InChI is InChI=1S/C30H48N4O5/c1-21-17-34(18-23-12-14-38-15-13-23)22(2)20-39-27-16-25(32-30(36)31-24-8-6-5-7-9-24)10-11-26(27)29(35)33(3)19-28(21)37-4/h10-11,16,21-24,28H,5-9,12-15,17-20H2,1-4H3,(H2,31,32,36)/t21-,22-,28-/m1/s1. The first-order valence-corrected chi connectivity index (χ1v) is 14.8. The van der Waals surface area contributed by atoms with Crippen molar-refractivity contribution in [2.24, 2.45) is 11.8 Å². The average molecular weight is 545 g/mol. The molecular weight excluding hydrogens is 496 g/mol. The fourth-order valence-corrected chi connectivity index (χ4v) is 6.04. The fraction of sp³-hybridized carbons (Fsp3) is 0.733. The SMILES string of the molecule is CO[C@@H]1CN(C)C(=O)c2ccc(NC(=O)NC3CCCCC3)cc2OC[C@@H](C)N(CC2CCOCC2)C[C@H]1C. The van der Waals surface area contributed by atoms with E-state index in [0.29, 0.717) is 36.1 Å². The molecule has 0 bridgehead atoms. The van der Waals surface area contributed by atoms with E-state index in [2.05, 4.69) is 29.4 Å². The maximum atomic E-state index is 13.5. The van der Waals surface area contributed by atoms with Gasteiger partial charge < -0.3 is 29.7 Å². The van der Waals surface area contributed by atoms with Gasteiger partial charge in [0.2, 0.25) is 0 Å². The van der Waals surface area contributed by atoms with Crippen LogP contribution in [0.5, 0.6) is 5.75 Å². The van der Waals surface area contributed by atoms with E-state index in [1.54, 1.807) is 30.2 Å². The number of amides is 3. The quantitative estimate of drug-likeness (QED) is 0.572. The highest BCUT2D eigenvalue weighted by atomic mass is 16.5. The molecule has 2 fully saturated rings. The van der Waals surface area contributed by atoms with Gasteiger partial charge >= 0.3 is 6.03 Å². The highest BCUT2D eigenvalue weighted by molar-refractivity contribution is 5.98. The van der Waals surface area contributed by atoms with Crippen LogP contribution < -0.4 is 15.4 Å². The zero-order chi connectivity index (χ0) is 27.8. The molecule has 0 radical (unpaired) electrons. The zero-order valence-corrected chi connectivity index (χ0v) is 24.2. The average Bonchev–Trinajstić information content (AvgIpc) is 2.94. The number of benzene rings is 1. The van der Waals surface area contributed by atoms with Gasteiger partial charge in [0.05, 0.1) is 11.7 Å². The van der Waals surface area contributed by atoms with Crippen molar-refractivity contribution < 1.29 is 23.8 Å². The summed E-state index contributed by atoms with van der Waals surface area (Å²) in [5.74, 6) is 1.20. The van der Waals surface area contributed by atoms with Gasteiger partial charge in [0, 0.05) is 70.8 Å². The van der Waals surface area contributed by atoms with Crippen LogP contribution in [-0.4, -0.2) is 93.5 Å². The normalized spacial score (nSPS) is 26.6. The summed E-state index contributed by atoms with van der Waals surface area (Å²) in [6, 6.07) is 5.45. The Balaban J connectivity index is 1.53. The lowest BCUT2D eigenvalue weighted by Crippen LogP contribution is -2.48. The first kappa shape index (κ1) is 29.6. The number of hydrogen-bond donors (Lipinski definition) is 2. The third-order valence-corrected chi connectivity index (χ3v) is 8.61. The maximum Gasteiger partial charge on any atom is 0.319 e. The van der Waals surface area contributed by atoms with Gasteiger partial charge in [0.1, 0.15) is 12.4 Å². The molecule has 3 atom stereocenters. The number of methoxy groups -OCH3 is 1. The molecule has 9 nitrogen and oxygen atoms in total. The molecular formula is C30H48N4O5. The number of carbonyl (C=O) groups is 2. The number of carbonyl (C=O) groups excluding carboxylic acids is 2. The number of urea groups is 1. The molecule has 9 heteroatoms. The summed E-state index contributed by atoms with van der Waals surface area (Å²) in [6.45, 7) is 8.81. The number of nitrogens with zero attached hydrogens (tertiary/aromatic N) is 2. The number of rotatable bonds is 5. The maximum absolute atomic E-state index is 13.5. The molecule has 0 unspecified atom stereocenters. The number of likely N-dealkylation sites (N-methyl/N-ethyl adjacent to an activating group) is 1. The Morgan fingerprint density at radius 1 is 1.08 bits per heavy atom. The first-order chi connectivity index (χ1) is 18.8. The van der Waals surface area contributed by atoms with Crippen LogP contribution in [-0.2, 0) is 9.47 Å². The van der Waals surface area contributed by atoms with Gasteiger partial charge in [-0.05, 0) is 56.6 Å². The van der Waals surface area contributed by atoms with Gasteiger partial charge in [-0.3, -0.25) is 9.69 Å². The summed E-state index contributed by atoms with van der Waals surface area (Å²) in [6.07, 6.45) is 7.64. The number of hydrogen-bond acceptors (Lipinski definition) is 6. The molecule has 1 aliphatic carbocycles. The first-order valence-electron chi connectivity index (χ1n) is 14.8. The van der Waals surface area contributed by atoms with Crippen LogP contribution in [0, 0.1) is 11.8 Å². The molecule has 2 heterocycles. The summed E-state index contributed by atoms with van der Waals surface area (Å²) in [7, 11) is 3.54. The van der Waals surface area contributed by atoms with E-state index in [-0.39, 0.29) is 36.0 Å². The Morgan fingerprint density at radius 2 is 1.82 bits per heavy atom. The van der Waals surface area contributed by atoms with Crippen LogP contribution in [0.4, 0.5) is 10.5 Å². The molecule has 2 aliphatic heterocycles. The highest BCUT2D eigenvalue weighted by Gasteiger charge is 2.30. The van der Waals surface area contributed by atoms with E-state index in [0.717, 1.165) is 64.8 Å². The molecule has 3 amide bonds. The molecule has 3 aliphatic rings. The minimum absolute atomic E-state index is 0.0865. The number of fused-ring (bicyclic) bond motifs is 1. The molecule has 1 saturated heterocycles. The molecule has 1 saturated carbocycles. The molecule has 0 spiro atoms. The van der Waals surface area contributed by atoms with Crippen LogP contribution >= 0.6 is 0 Å². The van der Waals surface area contributed by atoms with Gasteiger partial charge in [-0.25, -0.2) is 4.79 Å². The van der Waals surface area contributed by atoms with E-state index >= 15 is 0 Å². The monoisotopic (exact) mass is 544 g/mol. The predicted octanol–water partition coefficient (Wildman–Crippen LogP) is 4.37. The Bertz CT molecular complexity index is 947. The fourth-order valence-electron chi connectivity index (χ4n) is 6.04. The Labute approximate surface area is 233 Å². The largest absolute Gasteiger partial charge is 0.491 e. The van der Waals surface area contributed by atoms with Crippen molar-refractivity contribution in [1.82, 2.24) is 15.1 Å². The Hall–Kier alpha value is -2.36. The van der Waals surface area contributed by atoms with E-state index in [4.69, 9.17) is 14.2 Å². The van der Waals surface area contributed by atoms with Crippen LogP contribution in [0.1, 0.15) is 69.2 Å². The van der Waals surface area contributed by atoms with Crippen molar-refractivity contribution in [2.45, 2.75) is 77.0 Å². The van der Waals surface area contributed by atoms with Crippen molar-refractivity contribution in [3.8, 4) is 5.75 Å². The van der Waals surface area contributed by atoms with Crippen molar-refractivity contribution >= 4 is 17.6 Å². The lowest BCUT2D eigenvalue weighted by molar-refractivity contribution is 0.0000255. The summed E-state index contributed by atoms with van der Waals surface area (Å²) in [4.78, 5) is 30.4. The van der Waals surface area contributed by atoms with Crippen LogP contribution in [0.25, 0.3) is 0 Å². The van der Waals surface area contributed by atoms with Crippen LogP contribution in [0.15, 0.2) is 18.2 Å². The number of nitrogens with one attached hydrogen (secondary N) is 2. The zero-order valence-electron chi connectivity index (χ0n) is 24.2. The minimum Gasteiger partial charge on any atom is -0.491 e. The van der Waals surface area contributed by atoms with Gasteiger partial charge in [0.15, 0.2) is 0 Å². The van der Waals surface area contributed by atoms with Crippen molar-refractivity contribution in [3.63, 3.8) is 0 Å². The summed E-state index contributed by atoms with van der Waals surface area (Å²) < 4.78 is 17.8. The summed E-state index contributed by atoms with van der Waals surface area (Å²) in [5.41, 5.74) is 1.10. The van der Waals surface area contributed by atoms with Crippen LogP contribution in [0.3, 0.4) is 0 Å². The highest BCUT2D eigenvalue weighted by Crippen LogP contribution is 2.28. The third-order valence-electron chi connectivity index (χ3n) is 8.61. The minimum atomic E-state index is -0.216. The molecule has 0 aromatic heterocycles. The summed E-state index contributed by atoms with van der Waals surface area (Å²) >= 11 is 0. The Morgan fingerprint density at radius 3 is 2.54 bits per heavy atom. The molecule has 218 valence electrons. The van der Waals surface area contributed by atoms with E-state index in [9.17, 15) is 9.59 Å². The van der Waals surface area contributed by atoms with Crippen LogP contribution in [0.2, 0.25) is 0 Å². The van der Waals surface area contributed by atoms with Crippen molar-refractivity contribution in [2.75, 3.05) is 58.9 Å². The topological polar surface area (TPSA) is 92.4 Å². The van der Waals surface area contributed by atoms with Gasteiger partial charge in [-0.1, -0.05) is 26.2 Å². The second kappa shape index (κ2) is 14.3. The molecule has 1 aromatic carbocycles. The second-order valence-corrected chi connectivity index (χ2v) is 11.8. The number of anilines is 1.